The number of imidazole rings is 1. The molecular weight excluding hydrogens is 458 g/mol. The number of H-pyrrole nitrogens is 1. The molecule has 0 spiro atoms. The van der Waals surface area contributed by atoms with Gasteiger partial charge in [-0.3, -0.25) is 0 Å². The van der Waals surface area contributed by atoms with E-state index >= 15 is 0 Å². The van der Waals surface area contributed by atoms with E-state index in [0.29, 0.717) is 40.4 Å². The molecule has 3 heterocycles. The maximum atomic E-state index is 14.0. The summed E-state index contributed by atoms with van der Waals surface area (Å²) in [5, 5.41) is 15.7. The van der Waals surface area contributed by atoms with Gasteiger partial charge in [0.05, 0.1) is 16.6 Å². The van der Waals surface area contributed by atoms with Gasteiger partial charge in [-0.25, -0.2) is 14.4 Å². The number of benzene rings is 2. The number of aliphatic hydroxyl groups is 1. The van der Waals surface area contributed by atoms with E-state index in [0.717, 1.165) is 6.07 Å². The molecule has 1 unspecified atom stereocenters. The van der Waals surface area contributed by atoms with Gasteiger partial charge in [-0.15, -0.1) is 11.3 Å². The summed E-state index contributed by atoms with van der Waals surface area (Å²) in [7, 11) is 0. The number of aromatic nitrogens is 3. The van der Waals surface area contributed by atoms with Crippen LogP contribution in [-0.2, 0) is 6.18 Å². The van der Waals surface area contributed by atoms with Crippen LogP contribution >= 0.6 is 11.3 Å². The Morgan fingerprint density at radius 3 is 2.79 bits per heavy atom. The maximum Gasteiger partial charge on any atom is 0.417 e. The predicted octanol–water partition coefficient (Wildman–Crippen LogP) is 5.36. The van der Waals surface area contributed by atoms with E-state index in [2.05, 4.69) is 20.3 Å². The number of halogens is 4. The fourth-order valence-corrected chi connectivity index (χ4v) is 4.57. The normalized spacial score (nSPS) is 17.6. The van der Waals surface area contributed by atoms with Crippen molar-refractivity contribution in [2.24, 2.45) is 0 Å². The summed E-state index contributed by atoms with van der Waals surface area (Å²) < 4.78 is 55.5. The summed E-state index contributed by atoms with van der Waals surface area (Å²) in [5.41, 5.74) is 0.587. The minimum atomic E-state index is -4.63. The first-order chi connectivity index (χ1) is 15.8. The van der Waals surface area contributed by atoms with Crippen LogP contribution in [0.25, 0.3) is 22.4 Å². The second kappa shape index (κ2) is 8.31. The van der Waals surface area contributed by atoms with Gasteiger partial charge in [0.1, 0.15) is 12.0 Å². The zero-order valence-electron chi connectivity index (χ0n) is 17.1. The van der Waals surface area contributed by atoms with Crippen LogP contribution in [0.4, 0.5) is 28.4 Å². The molecule has 1 aliphatic heterocycles. The third kappa shape index (κ3) is 4.25. The summed E-state index contributed by atoms with van der Waals surface area (Å²) in [6.07, 6.45) is -4.94. The van der Waals surface area contributed by atoms with E-state index in [1.807, 2.05) is 0 Å². The number of anilines is 2. The lowest BCUT2D eigenvalue weighted by Crippen LogP contribution is -2.21. The van der Waals surface area contributed by atoms with Gasteiger partial charge in [-0.05, 0) is 30.7 Å². The van der Waals surface area contributed by atoms with Gasteiger partial charge in [0.2, 0.25) is 0 Å². The van der Waals surface area contributed by atoms with Crippen LogP contribution in [0.2, 0.25) is 0 Å². The van der Waals surface area contributed by atoms with E-state index in [-0.39, 0.29) is 17.9 Å². The maximum absolute atomic E-state index is 14.0. The number of rotatable bonds is 5. The van der Waals surface area contributed by atoms with Crippen LogP contribution in [0, 0.1) is 0 Å². The number of para-hydroxylation sites is 1. The number of thiazole rings is 1. The molecule has 11 heteroatoms. The van der Waals surface area contributed by atoms with Crippen LogP contribution in [0.15, 0.2) is 48.0 Å². The molecule has 4 aromatic rings. The first kappa shape index (κ1) is 21.7. The molecule has 0 radical (unpaired) electrons. The number of fused-ring (bicyclic) bond motifs is 1. The smallest absolute Gasteiger partial charge is 0.369 e. The van der Waals surface area contributed by atoms with Gasteiger partial charge < -0.3 is 20.3 Å². The van der Waals surface area contributed by atoms with Crippen molar-refractivity contribution in [2.45, 2.75) is 25.0 Å². The molecule has 3 N–H and O–H groups in total. The minimum Gasteiger partial charge on any atom is -0.369 e. The van der Waals surface area contributed by atoms with Crippen LogP contribution in [0.3, 0.4) is 0 Å². The van der Waals surface area contributed by atoms with Crippen molar-refractivity contribution in [3.05, 3.63) is 59.1 Å². The second-order valence-corrected chi connectivity index (χ2v) is 8.67. The van der Waals surface area contributed by atoms with Crippen LogP contribution in [0.1, 0.15) is 23.8 Å². The third-order valence-corrected chi connectivity index (χ3v) is 6.29. The molecule has 2 aromatic heterocycles. The largest absolute Gasteiger partial charge is 0.417 e. The van der Waals surface area contributed by atoms with Crippen molar-refractivity contribution >= 4 is 33.2 Å². The zero-order valence-corrected chi connectivity index (χ0v) is 17.9. The quantitative estimate of drug-likeness (QED) is 0.267. The summed E-state index contributed by atoms with van der Waals surface area (Å²) in [6, 6.07) is 8.95. The molecule has 5 rings (SSSR count). The van der Waals surface area contributed by atoms with Crippen LogP contribution in [0.5, 0.6) is 0 Å². The highest BCUT2D eigenvalue weighted by Crippen LogP contribution is 2.40. The lowest BCUT2D eigenvalue weighted by atomic mass is 10.0. The number of aromatic amines is 1. The van der Waals surface area contributed by atoms with Crippen molar-refractivity contribution in [3.63, 3.8) is 0 Å². The Bertz CT molecular complexity index is 1270. The summed E-state index contributed by atoms with van der Waals surface area (Å²) in [4.78, 5) is 13.0. The van der Waals surface area contributed by atoms with Gasteiger partial charge in [0.25, 0.3) is 0 Å². The first-order valence-corrected chi connectivity index (χ1v) is 11.1. The van der Waals surface area contributed by atoms with E-state index < -0.39 is 24.1 Å². The molecule has 1 aliphatic rings. The number of nitrogens with one attached hydrogen (secondary N) is 2. The third-order valence-electron chi connectivity index (χ3n) is 5.59. The molecular formula is C22H19F4N5OS. The minimum absolute atomic E-state index is 0.0302. The highest BCUT2D eigenvalue weighted by molar-refractivity contribution is 7.13. The Morgan fingerprint density at radius 1 is 1.24 bits per heavy atom. The summed E-state index contributed by atoms with van der Waals surface area (Å²) in [5.74, 6) is 0.0302. The van der Waals surface area contributed by atoms with E-state index in [4.69, 9.17) is 0 Å². The number of nitrogens with zero attached hydrogens (tertiary/aromatic N) is 3. The number of alkyl halides is 4. The average Bonchev–Trinajstić information content (AvgIpc) is 3.53. The number of hydrogen-bond donors (Lipinski definition) is 3. The molecule has 2 atom stereocenters. The molecule has 1 fully saturated rings. The van der Waals surface area contributed by atoms with Gasteiger partial charge in [0.15, 0.2) is 11.4 Å². The number of hydrogen-bond acceptors (Lipinski definition) is 6. The Hall–Kier alpha value is -3.18. The standard InChI is InChI=1S/C22H19F4N5OS/c23-12-6-8-31(11-12)13-4-5-14(16(10-13)22(24,25)26)19-28-17-3-1-2-15(18(17)29-19)20(32)30-21-27-7-9-33-21/h1-5,7,9-10,12,20,32H,6,8,11H2,(H,27,30)(H,28,29)/t12-,20?/m1/s1. The van der Waals surface area contributed by atoms with E-state index in [1.54, 1.807) is 40.7 Å². The highest BCUT2D eigenvalue weighted by Gasteiger charge is 2.36. The monoisotopic (exact) mass is 477 g/mol. The van der Waals surface area contributed by atoms with Crippen molar-refractivity contribution in [1.29, 1.82) is 0 Å². The van der Waals surface area contributed by atoms with Crippen molar-refractivity contribution in [3.8, 4) is 11.4 Å². The zero-order chi connectivity index (χ0) is 23.2. The van der Waals surface area contributed by atoms with E-state index in [9.17, 15) is 22.7 Å². The van der Waals surface area contributed by atoms with Gasteiger partial charge in [0, 0.05) is 41.5 Å². The lowest BCUT2D eigenvalue weighted by Gasteiger charge is -2.20. The molecule has 0 aliphatic carbocycles. The Balaban J connectivity index is 1.54. The SMILES string of the molecule is OC(Nc1nccs1)c1cccc2[nH]c(-c3ccc(N4CC[C@@H](F)C4)cc3C(F)(F)F)nc12. The lowest BCUT2D eigenvalue weighted by molar-refractivity contribution is -0.137. The fraction of sp³-hybridized carbons (Fsp3) is 0.273. The molecule has 2 aromatic carbocycles. The molecule has 0 bridgehead atoms. The average molecular weight is 477 g/mol. The summed E-state index contributed by atoms with van der Waals surface area (Å²) in [6.45, 7) is 0.449. The Labute approximate surface area is 189 Å². The molecule has 0 amide bonds. The van der Waals surface area contributed by atoms with Crippen molar-refractivity contribution < 1.29 is 22.7 Å². The summed E-state index contributed by atoms with van der Waals surface area (Å²) >= 11 is 1.31. The van der Waals surface area contributed by atoms with Gasteiger partial charge >= 0.3 is 6.18 Å². The topological polar surface area (TPSA) is 77.1 Å². The molecule has 172 valence electrons. The van der Waals surface area contributed by atoms with Crippen LogP contribution in [-0.4, -0.2) is 39.3 Å². The van der Waals surface area contributed by atoms with Crippen molar-refractivity contribution in [2.75, 3.05) is 23.3 Å². The van der Waals surface area contributed by atoms with E-state index in [1.165, 1.54) is 17.4 Å². The molecule has 1 saturated heterocycles. The van der Waals surface area contributed by atoms with Crippen molar-refractivity contribution in [1.82, 2.24) is 15.0 Å². The highest BCUT2D eigenvalue weighted by atomic mass is 32.1. The number of aliphatic hydroxyl groups excluding tert-OH is 1. The molecule has 6 nitrogen and oxygen atoms in total. The Kier molecular flexibility index (Phi) is 5.45. The molecule has 33 heavy (non-hydrogen) atoms. The fourth-order valence-electron chi connectivity index (χ4n) is 4.01. The van der Waals surface area contributed by atoms with Crippen LogP contribution < -0.4 is 10.2 Å². The first-order valence-electron chi connectivity index (χ1n) is 10.2. The molecule has 0 saturated carbocycles. The predicted molar refractivity (Wildman–Crippen MR) is 119 cm³/mol. The van der Waals surface area contributed by atoms with Gasteiger partial charge in [-0.2, -0.15) is 13.2 Å². The van der Waals surface area contributed by atoms with Gasteiger partial charge in [-0.1, -0.05) is 12.1 Å². The second-order valence-electron chi connectivity index (χ2n) is 7.77. The Morgan fingerprint density at radius 2 is 2.09 bits per heavy atom.